The summed E-state index contributed by atoms with van der Waals surface area (Å²) in [4.78, 5) is 14.4. The van der Waals surface area contributed by atoms with Gasteiger partial charge in [0.15, 0.2) is 0 Å². The van der Waals surface area contributed by atoms with Gasteiger partial charge in [-0.1, -0.05) is 42.5 Å². The van der Waals surface area contributed by atoms with E-state index < -0.39 is 6.10 Å². The van der Waals surface area contributed by atoms with Gasteiger partial charge in [0.05, 0.1) is 26.2 Å². The number of para-hydroxylation sites is 1. The third kappa shape index (κ3) is 3.37. The second kappa shape index (κ2) is 6.84. The standard InChI is InChI=1S/C19H21NO3/c1-23-18-9-5-3-7-15(18)12-19(22)20-11-10-14-6-2-4-8-16(14)17(21)13-20/h2-9,17,21H,10-13H2,1H3. The number of methoxy groups -OCH3 is 1. The monoisotopic (exact) mass is 311 g/mol. The average molecular weight is 311 g/mol. The van der Waals surface area contributed by atoms with Crippen molar-refractivity contribution < 1.29 is 14.6 Å². The molecule has 1 aliphatic heterocycles. The molecule has 2 aromatic carbocycles. The Morgan fingerprint density at radius 2 is 1.96 bits per heavy atom. The van der Waals surface area contributed by atoms with E-state index in [1.54, 1.807) is 12.0 Å². The maximum Gasteiger partial charge on any atom is 0.227 e. The lowest BCUT2D eigenvalue weighted by atomic mass is 10.0. The van der Waals surface area contributed by atoms with Gasteiger partial charge >= 0.3 is 0 Å². The van der Waals surface area contributed by atoms with Crippen molar-refractivity contribution >= 4 is 5.91 Å². The van der Waals surface area contributed by atoms with Gasteiger partial charge in [0.2, 0.25) is 5.91 Å². The van der Waals surface area contributed by atoms with E-state index in [9.17, 15) is 9.90 Å². The van der Waals surface area contributed by atoms with Crippen molar-refractivity contribution in [1.82, 2.24) is 4.90 Å². The topological polar surface area (TPSA) is 49.8 Å². The normalized spacial score (nSPS) is 17.3. The SMILES string of the molecule is COc1ccccc1CC(=O)N1CCc2ccccc2C(O)C1. The Bertz CT molecular complexity index is 699. The molecule has 1 heterocycles. The molecular weight excluding hydrogens is 290 g/mol. The Labute approximate surface area is 136 Å². The highest BCUT2D eigenvalue weighted by Gasteiger charge is 2.24. The summed E-state index contributed by atoms with van der Waals surface area (Å²) < 4.78 is 5.31. The molecule has 1 unspecified atom stereocenters. The molecule has 1 aliphatic rings. The van der Waals surface area contributed by atoms with E-state index in [0.29, 0.717) is 13.1 Å². The molecule has 2 aromatic rings. The second-order valence-corrected chi connectivity index (χ2v) is 5.79. The van der Waals surface area contributed by atoms with E-state index in [-0.39, 0.29) is 12.3 Å². The minimum atomic E-state index is -0.629. The highest BCUT2D eigenvalue weighted by molar-refractivity contribution is 5.79. The Kier molecular flexibility index (Phi) is 4.63. The summed E-state index contributed by atoms with van der Waals surface area (Å²) in [6, 6.07) is 15.4. The fraction of sp³-hybridized carbons (Fsp3) is 0.316. The number of nitrogens with zero attached hydrogens (tertiary/aromatic N) is 1. The highest BCUT2D eigenvalue weighted by Crippen LogP contribution is 2.25. The lowest BCUT2D eigenvalue weighted by Crippen LogP contribution is -2.35. The van der Waals surface area contributed by atoms with Gasteiger partial charge in [0.1, 0.15) is 5.75 Å². The van der Waals surface area contributed by atoms with Crippen LogP contribution in [0.5, 0.6) is 5.75 Å². The number of carbonyl (C=O) groups is 1. The summed E-state index contributed by atoms with van der Waals surface area (Å²) in [6.45, 7) is 0.965. The van der Waals surface area contributed by atoms with E-state index in [2.05, 4.69) is 0 Å². The molecule has 0 fully saturated rings. The number of hydrogen-bond acceptors (Lipinski definition) is 3. The number of amides is 1. The maximum absolute atomic E-state index is 12.6. The molecule has 1 atom stereocenters. The van der Waals surface area contributed by atoms with Crippen molar-refractivity contribution in [3.05, 3.63) is 65.2 Å². The van der Waals surface area contributed by atoms with Crippen molar-refractivity contribution in [2.75, 3.05) is 20.2 Å². The lowest BCUT2D eigenvalue weighted by molar-refractivity contribution is -0.131. The van der Waals surface area contributed by atoms with Crippen LogP contribution in [0.1, 0.15) is 22.8 Å². The lowest BCUT2D eigenvalue weighted by Gasteiger charge is -2.23. The van der Waals surface area contributed by atoms with Crippen LogP contribution in [0.4, 0.5) is 0 Å². The predicted octanol–water partition coefficient (Wildman–Crippen LogP) is 2.36. The molecule has 3 rings (SSSR count). The van der Waals surface area contributed by atoms with E-state index in [1.807, 2.05) is 48.5 Å². The number of aliphatic hydroxyl groups is 1. The van der Waals surface area contributed by atoms with Crippen LogP contribution in [-0.2, 0) is 17.6 Å². The van der Waals surface area contributed by atoms with Gasteiger partial charge in [-0.3, -0.25) is 4.79 Å². The Balaban J connectivity index is 1.74. The number of hydrogen-bond donors (Lipinski definition) is 1. The minimum Gasteiger partial charge on any atom is -0.496 e. The molecule has 0 aliphatic carbocycles. The highest BCUT2D eigenvalue weighted by atomic mass is 16.5. The molecule has 0 radical (unpaired) electrons. The van der Waals surface area contributed by atoms with E-state index >= 15 is 0 Å². The van der Waals surface area contributed by atoms with Crippen LogP contribution in [0.2, 0.25) is 0 Å². The smallest absolute Gasteiger partial charge is 0.227 e. The number of ether oxygens (including phenoxy) is 1. The zero-order valence-electron chi connectivity index (χ0n) is 13.2. The number of rotatable bonds is 3. The molecule has 4 nitrogen and oxygen atoms in total. The van der Waals surface area contributed by atoms with Crippen LogP contribution in [0.3, 0.4) is 0 Å². The number of aliphatic hydroxyl groups excluding tert-OH is 1. The Morgan fingerprint density at radius 3 is 2.78 bits per heavy atom. The minimum absolute atomic E-state index is 0.0151. The van der Waals surface area contributed by atoms with Crippen LogP contribution in [0.15, 0.2) is 48.5 Å². The first-order chi connectivity index (χ1) is 11.2. The van der Waals surface area contributed by atoms with Crippen molar-refractivity contribution in [2.45, 2.75) is 18.9 Å². The molecular formula is C19H21NO3. The largest absolute Gasteiger partial charge is 0.496 e. The summed E-state index contributed by atoms with van der Waals surface area (Å²) in [6.07, 6.45) is 0.424. The number of carbonyl (C=O) groups excluding carboxylic acids is 1. The molecule has 1 amide bonds. The molecule has 120 valence electrons. The van der Waals surface area contributed by atoms with Gasteiger partial charge in [0.25, 0.3) is 0 Å². The summed E-state index contributed by atoms with van der Waals surface area (Å²) in [5.74, 6) is 0.737. The Hall–Kier alpha value is -2.33. The van der Waals surface area contributed by atoms with Crippen molar-refractivity contribution in [3.8, 4) is 5.75 Å². The molecule has 4 heteroatoms. The third-order valence-electron chi connectivity index (χ3n) is 4.35. The van der Waals surface area contributed by atoms with Crippen LogP contribution in [0.25, 0.3) is 0 Å². The first-order valence-electron chi connectivity index (χ1n) is 7.84. The predicted molar refractivity (Wildman–Crippen MR) is 88.4 cm³/mol. The molecule has 1 N–H and O–H groups in total. The second-order valence-electron chi connectivity index (χ2n) is 5.79. The molecule has 23 heavy (non-hydrogen) atoms. The molecule has 0 aromatic heterocycles. The zero-order valence-corrected chi connectivity index (χ0v) is 13.2. The molecule has 0 bridgehead atoms. The van der Waals surface area contributed by atoms with Crippen LogP contribution < -0.4 is 4.74 Å². The fourth-order valence-electron chi connectivity index (χ4n) is 3.09. The first-order valence-corrected chi connectivity index (χ1v) is 7.84. The van der Waals surface area contributed by atoms with Gasteiger partial charge < -0.3 is 14.7 Å². The van der Waals surface area contributed by atoms with Crippen molar-refractivity contribution in [3.63, 3.8) is 0 Å². The molecule has 0 saturated heterocycles. The quantitative estimate of drug-likeness (QED) is 0.946. The number of benzene rings is 2. The first kappa shape index (κ1) is 15.6. The van der Waals surface area contributed by atoms with Crippen LogP contribution in [-0.4, -0.2) is 36.1 Å². The van der Waals surface area contributed by atoms with Crippen LogP contribution >= 0.6 is 0 Å². The maximum atomic E-state index is 12.6. The summed E-state index contributed by atoms with van der Waals surface area (Å²) in [5.41, 5.74) is 2.92. The average Bonchev–Trinajstić information content (AvgIpc) is 2.75. The van der Waals surface area contributed by atoms with Gasteiger partial charge in [-0.05, 0) is 23.6 Å². The fourth-order valence-corrected chi connectivity index (χ4v) is 3.09. The van der Waals surface area contributed by atoms with E-state index in [1.165, 1.54) is 0 Å². The Morgan fingerprint density at radius 1 is 1.22 bits per heavy atom. The number of β-amino-alcohol motifs (C(OH)–C–C–N with tert-alkyl or cyclic N) is 1. The van der Waals surface area contributed by atoms with Gasteiger partial charge in [-0.25, -0.2) is 0 Å². The third-order valence-corrected chi connectivity index (χ3v) is 4.35. The van der Waals surface area contributed by atoms with E-state index in [4.69, 9.17) is 4.74 Å². The zero-order chi connectivity index (χ0) is 16.2. The van der Waals surface area contributed by atoms with E-state index in [0.717, 1.165) is 28.9 Å². The van der Waals surface area contributed by atoms with Gasteiger partial charge in [0, 0.05) is 12.1 Å². The summed E-state index contributed by atoms with van der Waals surface area (Å²) in [7, 11) is 1.61. The van der Waals surface area contributed by atoms with Crippen molar-refractivity contribution in [1.29, 1.82) is 0 Å². The molecule has 0 spiro atoms. The van der Waals surface area contributed by atoms with Crippen molar-refractivity contribution in [2.24, 2.45) is 0 Å². The van der Waals surface area contributed by atoms with Gasteiger partial charge in [-0.15, -0.1) is 0 Å². The van der Waals surface area contributed by atoms with Crippen LogP contribution in [0, 0.1) is 0 Å². The van der Waals surface area contributed by atoms with Gasteiger partial charge in [-0.2, -0.15) is 0 Å². The number of fused-ring (bicyclic) bond motifs is 1. The summed E-state index contributed by atoms with van der Waals surface area (Å²) >= 11 is 0. The summed E-state index contributed by atoms with van der Waals surface area (Å²) in [5, 5.41) is 10.4. The molecule has 0 saturated carbocycles.